The van der Waals surface area contributed by atoms with E-state index in [0.29, 0.717) is 16.5 Å². The van der Waals surface area contributed by atoms with E-state index >= 15 is 0 Å². The molecular formula is C9H6BrF2N. The molecule has 0 N–H and O–H groups in total. The molecule has 1 aromatic rings. The van der Waals surface area contributed by atoms with Gasteiger partial charge in [0.05, 0.1) is 0 Å². The van der Waals surface area contributed by atoms with Gasteiger partial charge in [0.15, 0.2) is 11.6 Å². The number of hydrogen-bond acceptors (Lipinski definition) is 0. The van der Waals surface area contributed by atoms with Crippen molar-refractivity contribution >= 4 is 15.9 Å². The van der Waals surface area contributed by atoms with Crippen LogP contribution in [0, 0.1) is 18.2 Å². The van der Waals surface area contributed by atoms with E-state index in [4.69, 9.17) is 6.57 Å². The van der Waals surface area contributed by atoms with Gasteiger partial charge in [0, 0.05) is 10.9 Å². The summed E-state index contributed by atoms with van der Waals surface area (Å²) in [6, 6.07) is 2.19. The van der Waals surface area contributed by atoms with Gasteiger partial charge in [-0.05, 0) is 17.7 Å². The van der Waals surface area contributed by atoms with E-state index in [1.165, 1.54) is 0 Å². The Balaban J connectivity index is 2.96. The van der Waals surface area contributed by atoms with Crippen molar-refractivity contribution < 1.29 is 8.78 Å². The lowest BCUT2D eigenvalue weighted by Crippen LogP contribution is -1.93. The van der Waals surface area contributed by atoms with Crippen LogP contribution in [0.4, 0.5) is 8.78 Å². The summed E-state index contributed by atoms with van der Waals surface area (Å²) < 4.78 is 25.8. The molecule has 68 valence electrons. The normalized spacial score (nSPS) is 9.69. The zero-order valence-electron chi connectivity index (χ0n) is 6.65. The number of halogens is 3. The first-order chi connectivity index (χ1) is 6.15. The van der Waals surface area contributed by atoms with Gasteiger partial charge in [-0.1, -0.05) is 15.9 Å². The highest BCUT2D eigenvalue weighted by Crippen LogP contribution is 2.20. The Labute approximate surface area is 83.3 Å². The van der Waals surface area contributed by atoms with Crippen molar-refractivity contribution in [3.05, 3.63) is 45.2 Å². The monoisotopic (exact) mass is 245 g/mol. The number of hydrogen-bond donors (Lipinski definition) is 0. The quantitative estimate of drug-likeness (QED) is 0.557. The molecule has 0 aliphatic heterocycles. The third kappa shape index (κ3) is 2.49. The lowest BCUT2D eigenvalue weighted by atomic mass is 10.1. The van der Waals surface area contributed by atoms with Crippen LogP contribution < -0.4 is 0 Å². The molecule has 0 amide bonds. The first kappa shape index (κ1) is 10.1. The van der Waals surface area contributed by atoms with Crippen LogP contribution in [0.15, 0.2) is 16.6 Å². The minimum absolute atomic E-state index is 0.281. The summed E-state index contributed by atoms with van der Waals surface area (Å²) in [6.07, 6.45) is 0.432. The maximum Gasteiger partial charge on any atom is 0.218 e. The summed E-state index contributed by atoms with van der Waals surface area (Å²) in [4.78, 5) is 3.14. The average molecular weight is 246 g/mol. The van der Waals surface area contributed by atoms with Crippen LogP contribution in [-0.4, -0.2) is 6.54 Å². The van der Waals surface area contributed by atoms with Crippen LogP contribution in [0.1, 0.15) is 5.56 Å². The molecule has 0 aliphatic carbocycles. The molecule has 0 atom stereocenters. The van der Waals surface area contributed by atoms with Crippen molar-refractivity contribution in [2.75, 3.05) is 6.54 Å². The predicted octanol–water partition coefficient (Wildman–Crippen LogP) is 3.19. The number of rotatable bonds is 2. The Morgan fingerprint density at radius 1 is 1.31 bits per heavy atom. The second kappa shape index (κ2) is 4.33. The Bertz CT molecular complexity index is 357. The van der Waals surface area contributed by atoms with Crippen LogP contribution >= 0.6 is 15.9 Å². The largest absolute Gasteiger partial charge is 0.317 e. The zero-order valence-corrected chi connectivity index (χ0v) is 8.24. The second-order valence-corrected chi connectivity index (χ2v) is 3.34. The van der Waals surface area contributed by atoms with Gasteiger partial charge in [-0.3, -0.25) is 0 Å². The molecule has 0 spiro atoms. The maximum absolute atomic E-state index is 12.7. The molecule has 0 radical (unpaired) electrons. The minimum Gasteiger partial charge on any atom is -0.317 e. The highest BCUT2D eigenvalue weighted by atomic mass is 79.9. The van der Waals surface area contributed by atoms with Gasteiger partial charge in [-0.25, -0.2) is 15.4 Å². The van der Waals surface area contributed by atoms with Gasteiger partial charge in [0.25, 0.3) is 0 Å². The number of benzene rings is 1. The molecule has 0 fully saturated rings. The molecule has 1 rings (SSSR count). The fourth-order valence-electron chi connectivity index (χ4n) is 0.932. The van der Waals surface area contributed by atoms with E-state index in [9.17, 15) is 8.78 Å². The third-order valence-corrected chi connectivity index (χ3v) is 2.32. The topological polar surface area (TPSA) is 4.36 Å². The van der Waals surface area contributed by atoms with E-state index in [2.05, 4.69) is 20.8 Å². The molecule has 0 heterocycles. The molecule has 1 aromatic carbocycles. The molecule has 13 heavy (non-hydrogen) atoms. The first-order valence-corrected chi connectivity index (χ1v) is 4.41. The summed E-state index contributed by atoms with van der Waals surface area (Å²) in [5.41, 5.74) is 0.620. The van der Waals surface area contributed by atoms with E-state index < -0.39 is 11.6 Å². The van der Waals surface area contributed by atoms with E-state index in [-0.39, 0.29) is 6.54 Å². The van der Waals surface area contributed by atoms with Gasteiger partial charge in [-0.2, -0.15) is 0 Å². The van der Waals surface area contributed by atoms with Crippen LogP contribution in [-0.2, 0) is 6.42 Å². The molecule has 0 aliphatic rings. The molecular weight excluding hydrogens is 240 g/mol. The fraction of sp³-hybridized carbons (Fsp3) is 0.222. The van der Waals surface area contributed by atoms with Gasteiger partial charge in [-0.15, -0.1) is 0 Å². The SMILES string of the molecule is [C-]#[N+]CCc1cc(F)c(F)cc1Br. The van der Waals surface area contributed by atoms with Crippen molar-refractivity contribution in [3.63, 3.8) is 0 Å². The molecule has 1 nitrogen and oxygen atoms in total. The lowest BCUT2D eigenvalue weighted by molar-refractivity contribution is 0.506. The third-order valence-electron chi connectivity index (χ3n) is 1.58. The van der Waals surface area contributed by atoms with Crippen LogP contribution in [0.5, 0.6) is 0 Å². The highest BCUT2D eigenvalue weighted by Gasteiger charge is 2.08. The molecule has 4 heteroatoms. The summed E-state index contributed by atoms with van der Waals surface area (Å²) in [6.45, 7) is 6.84. The highest BCUT2D eigenvalue weighted by molar-refractivity contribution is 9.10. The second-order valence-electron chi connectivity index (χ2n) is 2.49. The Kier molecular flexibility index (Phi) is 3.38. The van der Waals surface area contributed by atoms with Crippen molar-refractivity contribution in [2.45, 2.75) is 6.42 Å². The smallest absolute Gasteiger partial charge is 0.218 e. The Morgan fingerprint density at radius 3 is 2.54 bits per heavy atom. The van der Waals surface area contributed by atoms with Crippen molar-refractivity contribution in [1.29, 1.82) is 0 Å². The van der Waals surface area contributed by atoms with E-state index in [0.717, 1.165) is 12.1 Å². The molecule has 0 aromatic heterocycles. The maximum atomic E-state index is 12.7. The first-order valence-electron chi connectivity index (χ1n) is 3.62. The van der Waals surface area contributed by atoms with Crippen LogP contribution in [0.3, 0.4) is 0 Å². The Morgan fingerprint density at radius 2 is 1.92 bits per heavy atom. The number of nitrogens with zero attached hydrogens (tertiary/aromatic N) is 1. The summed E-state index contributed by atoms with van der Waals surface area (Å²) in [7, 11) is 0. The van der Waals surface area contributed by atoms with Gasteiger partial charge in [0.1, 0.15) is 0 Å². The lowest BCUT2D eigenvalue weighted by Gasteiger charge is -2.01. The molecule has 0 saturated heterocycles. The standard InChI is InChI=1S/C9H6BrF2N/c1-13-3-2-6-4-8(11)9(12)5-7(6)10/h4-5H,2-3H2. The average Bonchev–Trinajstić information content (AvgIpc) is 2.09. The molecule has 0 saturated carbocycles. The van der Waals surface area contributed by atoms with Crippen LogP contribution in [0.25, 0.3) is 4.85 Å². The summed E-state index contributed by atoms with van der Waals surface area (Å²) >= 11 is 3.10. The summed E-state index contributed by atoms with van der Waals surface area (Å²) in [5.74, 6) is -1.75. The zero-order chi connectivity index (χ0) is 9.84. The van der Waals surface area contributed by atoms with Crippen molar-refractivity contribution in [3.8, 4) is 0 Å². The van der Waals surface area contributed by atoms with Crippen molar-refractivity contribution in [2.24, 2.45) is 0 Å². The van der Waals surface area contributed by atoms with E-state index in [1.807, 2.05) is 0 Å². The molecule has 0 bridgehead atoms. The van der Waals surface area contributed by atoms with Gasteiger partial charge < -0.3 is 4.85 Å². The Hall–Kier alpha value is -0.950. The predicted molar refractivity (Wildman–Crippen MR) is 49.2 cm³/mol. The van der Waals surface area contributed by atoms with E-state index in [1.54, 1.807) is 0 Å². The molecule has 0 unspecified atom stereocenters. The van der Waals surface area contributed by atoms with Gasteiger partial charge >= 0.3 is 0 Å². The van der Waals surface area contributed by atoms with Crippen molar-refractivity contribution in [1.82, 2.24) is 0 Å². The summed E-state index contributed by atoms with van der Waals surface area (Å²) in [5, 5.41) is 0. The van der Waals surface area contributed by atoms with Crippen LogP contribution in [0.2, 0.25) is 0 Å². The fourth-order valence-corrected chi connectivity index (χ4v) is 1.45. The minimum atomic E-state index is -0.876. The van der Waals surface area contributed by atoms with Gasteiger partial charge in [0.2, 0.25) is 6.54 Å².